The highest BCUT2D eigenvalue weighted by atomic mass is 16.7. The van der Waals surface area contributed by atoms with Crippen LogP contribution in [0.4, 0.5) is 0 Å². The Morgan fingerprint density at radius 3 is 2.42 bits per heavy atom. The largest absolute Gasteiger partial charge is 0.497 e. The first-order valence-corrected chi connectivity index (χ1v) is 10.1. The van der Waals surface area contributed by atoms with Crippen LogP contribution >= 0.6 is 0 Å². The fourth-order valence-corrected chi connectivity index (χ4v) is 3.03. The van der Waals surface area contributed by atoms with Crippen LogP contribution in [-0.2, 0) is 4.79 Å². The van der Waals surface area contributed by atoms with Crippen LogP contribution in [0.15, 0.2) is 83.6 Å². The molecule has 2 amide bonds. The summed E-state index contributed by atoms with van der Waals surface area (Å²) in [4.78, 5) is 25.5. The lowest BCUT2D eigenvalue weighted by Crippen LogP contribution is -2.32. The van der Waals surface area contributed by atoms with Gasteiger partial charge in [-0.05, 0) is 59.7 Å². The lowest BCUT2D eigenvalue weighted by molar-refractivity contribution is -0.117. The number of carbonyl (C=O) groups is 2. The molecule has 1 heterocycles. The number of hydrazone groups is 1. The minimum Gasteiger partial charge on any atom is -0.497 e. The molecule has 4 rings (SSSR count). The highest BCUT2D eigenvalue weighted by Crippen LogP contribution is 2.31. The van der Waals surface area contributed by atoms with E-state index in [2.05, 4.69) is 15.8 Å². The molecule has 2 N–H and O–H groups in total. The van der Waals surface area contributed by atoms with Gasteiger partial charge in [0, 0.05) is 5.56 Å². The number of hydrogen-bond donors (Lipinski definition) is 2. The van der Waals surface area contributed by atoms with Crippen LogP contribution in [-0.4, -0.2) is 31.9 Å². The van der Waals surface area contributed by atoms with Crippen molar-refractivity contribution in [3.05, 3.63) is 95.2 Å². The molecule has 8 heteroatoms. The van der Waals surface area contributed by atoms with Crippen LogP contribution in [0.25, 0.3) is 6.08 Å². The fraction of sp³-hybridized carbons (Fsp3) is 0.0800. The summed E-state index contributed by atoms with van der Waals surface area (Å²) in [6.45, 7) is 0.174. The Morgan fingerprint density at radius 2 is 1.67 bits per heavy atom. The van der Waals surface area contributed by atoms with E-state index in [0.29, 0.717) is 33.9 Å². The van der Waals surface area contributed by atoms with Crippen LogP contribution in [0.3, 0.4) is 0 Å². The van der Waals surface area contributed by atoms with Crippen molar-refractivity contribution in [1.29, 1.82) is 0 Å². The Kier molecular flexibility index (Phi) is 6.65. The van der Waals surface area contributed by atoms with Crippen LogP contribution in [0.2, 0.25) is 0 Å². The van der Waals surface area contributed by atoms with E-state index in [1.807, 2.05) is 6.07 Å². The Balaban J connectivity index is 1.51. The molecule has 8 nitrogen and oxygen atoms in total. The molecule has 33 heavy (non-hydrogen) atoms. The fourth-order valence-electron chi connectivity index (χ4n) is 3.03. The normalized spacial score (nSPS) is 12.5. The lowest BCUT2D eigenvalue weighted by Gasteiger charge is -2.09. The summed E-state index contributed by atoms with van der Waals surface area (Å²) < 4.78 is 15.8. The van der Waals surface area contributed by atoms with Gasteiger partial charge in [0.15, 0.2) is 11.5 Å². The number of methoxy groups -OCH3 is 1. The first kappa shape index (κ1) is 21.6. The average Bonchev–Trinajstić information content (AvgIpc) is 3.32. The second-order valence-corrected chi connectivity index (χ2v) is 6.96. The van der Waals surface area contributed by atoms with E-state index in [1.54, 1.807) is 79.9 Å². The summed E-state index contributed by atoms with van der Waals surface area (Å²) in [6, 6.07) is 21.0. The van der Waals surface area contributed by atoms with Gasteiger partial charge in [0.05, 0.1) is 13.3 Å². The lowest BCUT2D eigenvalue weighted by atomic mass is 10.1. The molecule has 0 atom stereocenters. The quantitative estimate of drug-likeness (QED) is 0.332. The third kappa shape index (κ3) is 5.56. The van der Waals surface area contributed by atoms with Crippen molar-refractivity contribution >= 4 is 24.1 Å². The number of carbonyl (C=O) groups excluding carboxylic acids is 2. The van der Waals surface area contributed by atoms with E-state index in [1.165, 1.54) is 6.21 Å². The molecule has 1 aliphatic heterocycles. The molecular weight excluding hydrogens is 422 g/mol. The van der Waals surface area contributed by atoms with E-state index >= 15 is 0 Å². The molecule has 1 aliphatic rings. The smallest absolute Gasteiger partial charge is 0.287 e. The number of nitrogens with zero attached hydrogens (tertiary/aromatic N) is 1. The second-order valence-electron chi connectivity index (χ2n) is 6.96. The van der Waals surface area contributed by atoms with Crippen LogP contribution in [0.1, 0.15) is 21.5 Å². The maximum absolute atomic E-state index is 12.8. The summed E-state index contributed by atoms with van der Waals surface area (Å²) in [5, 5.41) is 6.67. The minimum atomic E-state index is -0.577. The second kappa shape index (κ2) is 10.1. The summed E-state index contributed by atoms with van der Waals surface area (Å²) >= 11 is 0. The summed E-state index contributed by atoms with van der Waals surface area (Å²) in [5.74, 6) is 0.960. The number of rotatable bonds is 7. The van der Waals surface area contributed by atoms with Crippen LogP contribution < -0.4 is 25.0 Å². The summed E-state index contributed by atoms with van der Waals surface area (Å²) in [6.07, 6.45) is 3.04. The molecule has 3 aromatic carbocycles. The highest BCUT2D eigenvalue weighted by molar-refractivity contribution is 6.05. The minimum absolute atomic E-state index is 0.0388. The molecule has 0 radical (unpaired) electrons. The van der Waals surface area contributed by atoms with Gasteiger partial charge >= 0.3 is 0 Å². The van der Waals surface area contributed by atoms with Crippen molar-refractivity contribution in [3.8, 4) is 17.2 Å². The van der Waals surface area contributed by atoms with Gasteiger partial charge in [-0.1, -0.05) is 30.3 Å². The standard InChI is InChI=1S/C25H21N3O5/c1-31-20-10-7-17(8-11-20)13-21(27-24(29)19-5-3-2-4-6-19)25(30)28-26-15-18-9-12-22-23(14-18)33-16-32-22/h2-15H,16H2,1H3,(H,27,29)(H,28,30)/b21-13-,26-15+. The maximum atomic E-state index is 12.8. The van der Waals surface area contributed by atoms with Crippen molar-refractivity contribution in [2.45, 2.75) is 0 Å². The van der Waals surface area contributed by atoms with E-state index < -0.39 is 11.8 Å². The molecule has 3 aromatic rings. The summed E-state index contributed by atoms with van der Waals surface area (Å²) in [5.41, 5.74) is 4.33. The van der Waals surface area contributed by atoms with Crippen molar-refractivity contribution in [1.82, 2.24) is 10.7 Å². The van der Waals surface area contributed by atoms with Gasteiger partial charge in [-0.15, -0.1) is 0 Å². The van der Waals surface area contributed by atoms with Crippen LogP contribution in [0, 0.1) is 0 Å². The number of fused-ring (bicyclic) bond motifs is 1. The molecule has 0 aromatic heterocycles. The first-order chi connectivity index (χ1) is 16.1. The van der Waals surface area contributed by atoms with Crippen molar-refractivity contribution in [3.63, 3.8) is 0 Å². The third-order valence-corrected chi connectivity index (χ3v) is 4.73. The molecule has 0 aliphatic carbocycles. The molecule has 0 saturated carbocycles. The zero-order valence-corrected chi connectivity index (χ0v) is 17.8. The van der Waals surface area contributed by atoms with Gasteiger partial charge in [-0.25, -0.2) is 5.43 Å². The zero-order chi connectivity index (χ0) is 23.0. The molecular formula is C25H21N3O5. The van der Waals surface area contributed by atoms with E-state index in [-0.39, 0.29) is 12.5 Å². The molecule has 166 valence electrons. The maximum Gasteiger partial charge on any atom is 0.287 e. The Bertz CT molecular complexity index is 1200. The predicted molar refractivity (Wildman–Crippen MR) is 123 cm³/mol. The number of hydrogen-bond acceptors (Lipinski definition) is 6. The topological polar surface area (TPSA) is 98.2 Å². The Hall–Kier alpha value is -4.59. The Labute approximate surface area is 190 Å². The first-order valence-electron chi connectivity index (χ1n) is 10.1. The highest BCUT2D eigenvalue weighted by Gasteiger charge is 2.15. The molecule has 0 unspecified atom stereocenters. The van der Waals surface area contributed by atoms with E-state index in [9.17, 15) is 9.59 Å². The van der Waals surface area contributed by atoms with Gasteiger partial charge < -0.3 is 19.5 Å². The molecule has 0 fully saturated rings. The van der Waals surface area contributed by atoms with Crippen molar-refractivity contribution in [2.24, 2.45) is 5.10 Å². The SMILES string of the molecule is COc1ccc(/C=C(\NC(=O)c2ccccc2)C(=O)N/N=C/c2ccc3c(c2)OCO3)cc1. The van der Waals surface area contributed by atoms with Crippen molar-refractivity contribution < 1.29 is 23.8 Å². The predicted octanol–water partition coefficient (Wildman–Crippen LogP) is 3.35. The summed E-state index contributed by atoms with van der Waals surface area (Å²) in [7, 11) is 1.57. The third-order valence-electron chi connectivity index (χ3n) is 4.73. The number of nitrogens with one attached hydrogen (secondary N) is 2. The zero-order valence-electron chi connectivity index (χ0n) is 17.8. The van der Waals surface area contributed by atoms with E-state index in [0.717, 1.165) is 0 Å². The number of amides is 2. The Morgan fingerprint density at radius 1 is 0.939 bits per heavy atom. The average molecular weight is 443 g/mol. The van der Waals surface area contributed by atoms with Gasteiger partial charge in [0.2, 0.25) is 6.79 Å². The molecule has 0 spiro atoms. The number of benzene rings is 3. The number of ether oxygens (including phenoxy) is 3. The van der Waals surface area contributed by atoms with Gasteiger partial charge in [0.1, 0.15) is 11.4 Å². The molecule has 0 bridgehead atoms. The van der Waals surface area contributed by atoms with Gasteiger partial charge in [-0.2, -0.15) is 5.10 Å². The molecule has 0 saturated heterocycles. The van der Waals surface area contributed by atoms with Crippen LogP contribution in [0.5, 0.6) is 17.2 Å². The van der Waals surface area contributed by atoms with E-state index in [4.69, 9.17) is 14.2 Å². The van der Waals surface area contributed by atoms with Gasteiger partial charge in [0.25, 0.3) is 11.8 Å². The van der Waals surface area contributed by atoms with Crippen molar-refractivity contribution in [2.75, 3.05) is 13.9 Å². The monoisotopic (exact) mass is 443 g/mol. The van der Waals surface area contributed by atoms with Gasteiger partial charge in [-0.3, -0.25) is 9.59 Å².